The summed E-state index contributed by atoms with van der Waals surface area (Å²) in [6.45, 7) is 4.71. The SMILES string of the molecule is CC(C)Cc1ccc(C(CCO)N(C)C)cc1. The molecule has 0 aliphatic carbocycles. The molecule has 0 spiro atoms. The van der Waals surface area contributed by atoms with Crippen molar-refractivity contribution in [2.45, 2.75) is 32.7 Å². The lowest BCUT2D eigenvalue weighted by molar-refractivity contribution is 0.211. The minimum Gasteiger partial charge on any atom is -0.396 e. The molecule has 0 radical (unpaired) electrons. The van der Waals surface area contributed by atoms with Crippen LogP contribution in [-0.4, -0.2) is 30.7 Å². The van der Waals surface area contributed by atoms with Gasteiger partial charge in [0.2, 0.25) is 0 Å². The molecule has 1 rings (SSSR count). The van der Waals surface area contributed by atoms with Crippen molar-refractivity contribution in [2.24, 2.45) is 5.92 Å². The lowest BCUT2D eigenvalue weighted by Gasteiger charge is -2.24. The van der Waals surface area contributed by atoms with Crippen LogP contribution in [0.2, 0.25) is 0 Å². The molecule has 2 heteroatoms. The first-order valence-corrected chi connectivity index (χ1v) is 6.40. The number of nitrogens with zero attached hydrogens (tertiary/aromatic N) is 1. The zero-order valence-corrected chi connectivity index (χ0v) is 11.5. The number of aliphatic hydroxyl groups excluding tert-OH is 1. The standard InChI is InChI=1S/C15H25NO/c1-12(2)11-13-5-7-14(8-6-13)15(9-10-17)16(3)4/h5-8,12,15,17H,9-11H2,1-4H3. The second-order valence-electron chi connectivity index (χ2n) is 5.33. The summed E-state index contributed by atoms with van der Waals surface area (Å²) >= 11 is 0. The molecule has 1 atom stereocenters. The van der Waals surface area contributed by atoms with E-state index in [0.29, 0.717) is 12.0 Å². The molecule has 0 heterocycles. The van der Waals surface area contributed by atoms with Crippen LogP contribution in [0.5, 0.6) is 0 Å². The fourth-order valence-electron chi connectivity index (χ4n) is 2.19. The van der Waals surface area contributed by atoms with Crippen LogP contribution in [0.15, 0.2) is 24.3 Å². The maximum Gasteiger partial charge on any atom is 0.0449 e. The number of hydrogen-bond donors (Lipinski definition) is 1. The Hall–Kier alpha value is -0.860. The molecule has 0 amide bonds. The van der Waals surface area contributed by atoms with Crippen LogP contribution >= 0.6 is 0 Å². The summed E-state index contributed by atoms with van der Waals surface area (Å²) in [6.07, 6.45) is 1.92. The predicted molar refractivity (Wildman–Crippen MR) is 73.1 cm³/mol. The summed E-state index contributed by atoms with van der Waals surface area (Å²) < 4.78 is 0. The van der Waals surface area contributed by atoms with Gasteiger partial charge in [0.05, 0.1) is 0 Å². The van der Waals surface area contributed by atoms with Crippen molar-refractivity contribution in [3.63, 3.8) is 0 Å². The number of rotatable bonds is 6. The quantitative estimate of drug-likeness (QED) is 0.819. The van der Waals surface area contributed by atoms with Gasteiger partial charge in [-0.3, -0.25) is 0 Å². The molecule has 1 unspecified atom stereocenters. The molecule has 17 heavy (non-hydrogen) atoms. The average Bonchev–Trinajstić information content (AvgIpc) is 2.26. The van der Waals surface area contributed by atoms with Crippen LogP contribution in [-0.2, 0) is 6.42 Å². The van der Waals surface area contributed by atoms with Crippen molar-refractivity contribution in [3.8, 4) is 0 Å². The highest BCUT2D eigenvalue weighted by molar-refractivity contribution is 5.25. The van der Waals surface area contributed by atoms with Gasteiger partial charge in [0.1, 0.15) is 0 Å². The van der Waals surface area contributed by atoms with E-state index in [1.807, 2.05) is 0 Å². The Balaban J connectivity index is 2.77. The predicted octanol–water partition coefficient (Wildman–Crippen LogP) is 2.87. The molecule has 0 bridgehead atoms. The van der Waals surface area contributed by atoms with E-state index in [1.165, 1.54) is 11.1 Å². The second-order valence-corrected chi connectivity index (χ2v) is 5.33. The third-order valence-electron chi connectivity index (χ3n) is 3.03. The Morgan fingerprint density at radius 3 is 2.12 bits per heavy atom. The van der Waals surface area contributed by atoms with Crippen molar-refractivity contribution in [2.75, 3.05) is 20.7 Å². The van der Waals surface area contributed by atoms with Gasteiger partial charge in [-0.15, -0.1) is 0 Å². The van der Waals surface area contributed by atoms with Gasteiger partial charge in [-0.2, -0.15) is 0 Å². The Morgan fingerprint density at radius 1 is 1.12 bits per heavy atom. The van der Waals surface area contributed by atoms with Gasteiger partial charge in [0.15, 0.2) is 0 Å². The Bertz CT molecular complexity index is 316. The maximum absolute atomic E-state index is 9.09. The van der Waals surface area contributed by atoms with Crippen LogP contribution in [0.4, 0.5) is 0 Å². The average molecular weight is 235 g/mol. The number of benzene rings is 1. The lowest BCUT2D eigenvalue weighted by atomic mass is 9.98. The first-order chi connectivity index (χ1) is 8.04. The Kier molecular flexibility index (Phi) is 5.66. The van der Waals surface area contributed by atoms with E-state index in [9.17, 15) is 0 Å². The van der Waals surface area contributed by atoms with E-state index in [4.69, 9.17) is 5.11 Å². The summed E-state index contributed by atoms with van der Waals surface area (Å²) in [7, 11) is 4.12. The zero-order valence-electron chi connectivity index (χ0n) is 11.5. The number of hydrogen-bond acceptors (Lipinski definition) is 2. The molecular weight excluding hydrogens is 210 g/mol. The molecule has 1 aromatic carbocycles. The van der Waals surface area contributed by atoms with Gasteiger partial charge >= 0.3 is 0 Å². The smallest absolute Gasteiger partial charge is 0.0449 e. The van der Waals surface area contributed by atoms with Gasteiger partial charge in [-0.1, -0.05) is 38.1 Å². The molecular formula is C15H25NO. The first-order valence-electron chi connectivity index (χ1n) is 6.40. The van der Waals surface area contributed by atoms with Crippen LogP contribution < -0.4 is 0 Å². The number of aliphatic hydroxyl groups is 1. The molecule has 0 aliphatic heterocycles. The van der Waals surface area contributed by atoms with Crippen molar-refractivity contribution < 1.29 is 5.11 Å². The van der Waals surface area contributed by atoms with Crippen molar-refractivity contribution in [1.82, 2.24) is 4.90 Å². The fourth-order valence-corrected chi connectivity index (χ4v) is 2.19. The molecule has 1 aromatic rings. The first kappa shape index (κ1) is 14.2. The summed E-state index contributed by atoms with van der Waals surface area (Å²) in [5.74, 6) is 0.697. The fraction of sp³-hybridized carbons (Fsp3) is 0.600. The normalized spacial score (nSPS) is 13.4. The van der Waals surface area contributed by atoms with E-state index in [2.05, 4.69) is 57.1 Å². The zero-order chi connectivity index (χ0) is 12.8. The molecule has 0 fully saturated rings. The summed E-state index contributed by atoms with van der Waals surface area (Å²) in [6, 6.07) is 9.12. The van der Waals surface area contributed by atoms with Crippen molar-refractivity contribution >= 4 is 0 Å². The van der Waals surface area contributed by atoms with Crippen LogP contribution in [0.25, 0.3) is 0 Å². The topological polar surface area (TPSA) is 23.5 Å². The summed E-state index contributed by atoms with van der Waals surface area (Å²) in [5, 5.41) is 9.09. The van der Waals surface area contributed by atoms with Crippen LogP contribution in [0, 0.1) is 5.92 Å². The molecule has 1 N–H and O–H groups in total. The Labute approximate surface area is 105 Å². The van der Waals surface area contributed by atoms with E-state index in [1.54, 1.807) is 0 Å². The maximum atomic E-state index is 9.09. The van der Waals surface area contributed by atoms with Gasteiger partial charge in [-0.25, -0.2) is 0 Å². The van der Waals surface area contributed by atoms with Crippen LogP contribution in [0.3, 0.4) is 0 Å². The van der Waals surface area contributed by atoms with E-state index < -0.39 is 0 Å². The van der Waals surface area contributed by atoms with Gasteiger partial charge in [-0.05, 0) is 44.0 Å². The summed E-state index contributed by atoms with van der Waals surface area (Å²) in [5.41, 5.74) is 2.68. The highest BCUT2D eigenvalue weighted by atomic mass is 16.3. The largest absolute Gasteiger partial charge is 0.396 e. The highest BCUT2D eigenvalue weighted by Crippen LogP contribution is 2.22. The minimum atomic E-state index is 0.233. The molecule has 0 aromatic heterocycles. The highest BCUT2D eigenvalue weighted by Gasteiger charge is 2.13. The minimum absolute atomic E-state index is 0.233. The Morgan fingerprint density at radius 2 is 1.71 bits per heavy atom. The molecule has 96 valence electrons. The molecule has 2 nitrogen and oxygen atoms in total. The van der Waals surface area contributed by atoms with Gasteiger partial charge in [0.25, 0.3) is 0 Å². The lowest BCUT2D eigenvalue weighted by Crippen LogP contribution is -2.21. The molecule has 0 saturated heterocycles. The van der Waals surface area contributed by atoms with Gasteiger partial charge in [0, 0.05) is 12.6 Å². The van der Waals surface area contributed by atoms with E-state index in [0.717, 1.165) is 12.8 Å². The van der Waals surface area contributed by atoms with E-state index in [-0.39, 0.29) is 6.61 Å². The molecule has 0 aliphatic rings. The monoisotopic (exact) mass is 235 g/mol. The van der Waals surface area contributed by atoms with E-state index >= 15 is 0 Å². The third-order valence-corrected chi connectivity index (χ3v) is 3.03. The third kappa shape index (κ3) is 4.49. The summed E-state index contributed by atoms with van der Waals surface area (Å²) in [4.78, 5) is 2.16. The van der Waals surface area contributed by atoms with Gasteiger partial charge < -0.3 is 10.0 Å². The van der Waals surface area contributed by atoms with Crippen molar-refractivity contribution in [3.05, 3.63) is 35.4 Å². The molecule has 0 saturated carbocycles. The second kappa shape index (κ2) is 6.77. The van der Waals surface area contributed by atoms with Crippen LogP contribution in [0.1, 0.15) is 37.4 Å². The van der Waals surface area contributed by atoms with Crippen molar-refractivity contribution in [1.29, 1.82) is 0 Å².